The Hall–Kier alpha value is -1.92. The summed E-state index contributed by atoms with van der Waals surface area (Å²) in [6.07, 6.45) is 0.986. The third-order valence-electron chi connectivity index (χ3n) is 5.10. The van der Waals surface area contributed by atoms with Gasteiger partial charge in [-0.2, -0.15) is 0 Å². The van der Waals surface area contributed by atoms with Crippen molar-refractivity contribution in [2.24, 2.45) is 5.92 Å². The van der Waals surface area contributed by atoms with Crippen molar-refractivity contribution in [1.82, 2.24) is 16.2 Å². The Morgan fingerprint density at radius 1 is 1.15 bits per heavy atom. The van der Waals surface area contributed by atoms with E-state index < -0.39 is 0 Å². The molecule has 6 heteroatoms. The predicted molar refractivity (Wildman–Crippen MR) is 107 cm³/mol. The molecule has 0 saturated carbocycles. The Kier molecular flexibility index (Phi) is 6.85. The molecule has 3 rings (SSSR count). The smallest absolute Gasteiger partial charge is 0.220 e. The number of nitrogens with one attached hydrogen (secondary N) is 3. The lowest BCUT2D eigenvalue weighted by Gasteiger charge is -2.23. The zero-order valence-corrected chi connectivity index (χ0v) is 16.1. The molecule has 1 fully saturated rings. The predicted octanol–water partition coefficient (Wildman–Crippen LogP) is 2.60. The third-order valence-corrected chi connectivity index (χ3v) is 5.35. The van der Waals surface area contributed by atoms with Crippen LogP contribution in [-0.2, 0) is 11.2 Å². The fraction of sp³-hybridized carbons (Fsp3) is 0.381. The Morgan fingerprint density at radius 2 is 1.85 bits per heavy atom. The van der Waals surface area contributed by atoms with Crippen molar-refractivity contribution in [3.8, 4) is 0 Å². The largest absolute Gasteiger partial charge is 0.394 e. The SMILES string of the molecule is CC1NNC(c2ccc(Cl)cc2)C1CC(=O)N[C@@H](CO)Cc1ccccc1. The highest BCUT2D eigenvalue weighted by Gasteiger charge is 2.35. The second-order valence-electron chi connectivity index (χ2n) is 7.11. The minimum atomic E-state index is -0.286. The number of carbonyl (C=O) groups excluding carboxylic acids is 1. The van der Waals surface area contributed by atoms with E-state index in [2.05, 4.69) is 23.1 Å². The van der Waals surface area contributed by atoms with Crippen LogP contribution >= 0.6 is 11.6 Å². The van der Waals surface area contributed by atoms with Crippen molar-refractivity contribution in [3.05, 3.63) is 70.7 Å². The molecule has 0 radical (unpaired) electrons. The number of amides is 1. The fourth-order valence-electron chi connectivity index (χ4n) is 3.58. The van der Waals surface area contributed by atoms with Crippen LogP contribution in [0.3, 0.4) is 0 Å². The zero-order valence-electron chi connectivity index (χ0n) is 15.4. The quantitative estimate of drug-likeness (QED) is 0.589. The summed E-state index contributed by atoms with van der Waals surface area (Å²) in [7, 11) is 0. The highest BCUT2D eigenvalue weighted by molar-refractivity contribution is 6.30. The first-order valence-electron chi connectivity index (χ1n) is 9.27. The van der Waals surface area contributed by atoms with Crippen molar-refractivity contribution in [2.75, 3.05) is 6.61 Å². The van der Waals surface area contributed by atoms with Crippen LogP contribution in [0, 0.1) is 5.92 Å². The maximum absolute atomic E-state index is 12.6. The summed E-state index contributed by atoms with van der Waals surface area (Å²) >= 11 is 5.98. The molecule has 0 spiro atoms. The van der Waals surface area contributed by atoms with Crippen LogP contribution in [0.15, 0.2) is 54.6 Å². The van der Waals surface area contributed by atoms with Gasteiger partial charge in [0.1, 0.15) is 0 Å². The molecule has 1 amide bonds. The van der Waals surface area contributed by atoms with Crippen LogP contribution in [0.25, 0.3) is 0 Å². The molecule has 2 aromatic rings. The van der Waals surface area contributed by atoms with E-state index in [0.717, 1.165) is 11.1 Å². The Morgan fingerprint density at radius 3 is 2.52 bits per heavy atom. The van der Waals surface area contributed by atoms with Crippen LogP contribution in [-0.4, -0.2) is 29.7 Å². The minimum Gasteiger partial charge on any atom is -0.394 e. The number of rotatable bonds is 7. The number of hydrogen-bond donors (Lipinski definition) is 4. The monoisotopic (exact) mass is 387 g/mol. The number of hydrazine groups is 1. The molecule has 5 nitrogen and oxygen atoms in total. The topological polar surface area (TPSA) is 73.4 Å². The van der Waals surface area contributed by atoms with Crippen LogP contribution in [0.1, 0.15) is 30.5 Å². The molecule has 4 N–H and O–H groups in total. The van der Waals surface area contributed by atoms with Gasteiger partial charge in [0.2, 0.25) is 5.91 Å². The average molecular weight is 388 g/mol. The molecular formula is C21H26ClN3O2. The van der Waals surface area contributed by atoms with E-state index in [0.29, 0.717) is 17.9 Å². The zero-order chi connectivity index (χ0) is 19.2. The number of aliphatic hydroxyl groups excluding tert-OH is 1. The second-order valence-corrected chi connectivity index (χ2v) is 7.55. The summed E-state index contributed by atoms with van der Waals surface area (Å²) in [5.41, 5.74) is 8.70. The molecule has 0 bridgehead atoms. The maximum atomic E-state index is 12.6. The second kappa shape index (κ2) is 9.33. The van der Waals surface area contributed by atoms with Crippen LogP contribution in [0.4, 0.5) is 0 Å². The van der Waals surface area contributed by atoms with Crippen molar-refractivity contribution >= 4 is 17.5 Å². The van der Waals surface area contributed by atoms with Crippen molar-refractivity contribution in [1.29, 1.82) is 0 Å². The molecule has 4 atom stereocenters. The number of aliphatic hydroxyl groups is 1. The number of carbonyl (C=O) groups is 1. The summed E-state index contributed by atoms with van der Waals surface area (Å²) in [4.78, 5) is 12.6. The van der Waals surface area contributed by atoms with Gasteiger partial charge in [-0.05, 0) is 36.6 Å². The van der Waals surface area contributed by atoms with Gasteiger partial charge in [-0.25, -0.2) is 5.43 Å². The average Bonchev–Trinajstić information content (AvgIpc) is 3.03. The third kappa shape index (κ3) is 5.30. The standard InChI is InChI=1S/C21H26ClN3O2/c1-14-19(21(25-24-14)16-7-9-17(22)10-8-16)12-20(27)23-18(13-26)11-15-5-3-2-4-6-15/h2-10,14,18-19,21,24-26H,11-13H2,1H3,(H,23,27)/t14?,18-,19?,21?/m1/s1. The Labute approximate surface area is 165 Å². The maximum Gasteiger partial charge on any atom is 0.220 e. The van der Waals surface area contributed by atoms with E-state index in [1.807, 2.05) is 54.6 Å². The van der Waals surface area contributed by atoms with Crippen molar-refractivity contribution in [2.45, 2.75) is 37.9 Å². The summed E-state index contributed by atoms with van der Waals surface area (Å²) in [5, 5.41) is 13.3. The fourth-order valence-corrected chi connectivity index (χ4v) is 3.71. The van der Waals surface area contributed by atoms with Gasteiger partial charge in [0.25, 0.3) is 0 Å². The van der Waals surface area contributed by atoms with E-state index in [-0.39, 0.29) is 36.6 Å². The number of benzene rings is 2. The normalized spacial score (nSPS) is 23.1. The molecule has 1 heterocycles. The summed E-state index contributed by atoms with van der Waals surface area (Å²) < 4.78 is 0. The van der Waals surface area contributed by atoms with E-state index in [1.165, 1.54) is 0 Å². The van der Waals surface area contributed by atoms with Gasteiger partial charge in [-0.15, -0.1) is 0 Å². The van der Waals surface area contributed by atoms with Gasteiger partial charge in [-0.3, -0.25) is 10.2 Å². The number of hydrogen-bond acceptors (Lipinski definition) is 4. The molecule has 2 aromatic carbocycles. The molecule has 1 saturated heterocycles. The molecule has 0 aromatic heterocycles. The van der Waals surface area contributed by atoms with E-state index in [9.17, 15) is 9.90 Å². The van der Waals surface area contributed by atoms with Crippen molar-refractivity contribution < 1.29 is 9.90 Å². The van der Waals surface area contributed by atoms with Crippen LogP contribution in [0.2, 0.25) is 5.02 Å². The summed E-state index contributed by atoms with van der Waals surface area (Å²) in [6.45, 7) is 1.98. The highest BCUT2D eigenvalue weighted by Crippen LogP contribution is 2.31. The van der Waals surface area contributed by atoms with Gasteiger partial charge in [-0.1, -0.05) is 54.1 Å². The summed E-state index contributed by atoms with van der Waals surface area (Å²) in [6, 6.07) is 17.5. The molecule has 3 unspecified atom stereocenters. The molecule has 1 aliphatic rings. The molecule has 1 aliphatic heterocycles. The first-order chi connectivity index (χ1) is 13.1. The van der Waals surface area contributed by atoms with Gasteiger partial charge in [0.05, 0.1) is 18.7 Å². The van der Waals surface area contributed by atoms with E-state index in [4.69, 9.17) is 11.6 Å². The lowest BCUT2D eigenvalue weighted by molar-refractivity contribution is -0.123. The van der Waals surface area contributed by atoms with Gasteiger partial charge >= 0.3 is 0 Å². The first kappa shape index (κ1) is 19.8. The minimum absolute atomic E-state index is 0.0321. The van der Waals surface area contributed by atoms with E-state index in [1.54, 1.807) is 0 Å². The molecule has 144 valence electrons. The van der Waals surface area contributed by atoms with Gasteiger partial charge in [0.15, 0.2) is 0 Å². The Bertz CT molecular complexity index is 739. The van der Waals surface area contributed by atoms with Crippen molar-refractivity contribution in [3.63, 3.8) is 0 Å². The molecule has 0 aliphatic carbocycles. The van der Waals surface area contributed by atoms with E-state index >= 15 is 0 Å². The van der Waals surface area contributed by atoms with Crippen LogP contribution < -0.4 is 16.2 Å². The van der Waals surface area contributed by atoms with Crippen LogP contribution in [0.5, 0.6) is 0 Å². The highest BCUT2D eigenvalue weighted by atomic mass is 35.5. The number of halogens is 1. The Balaban J connectivity index is 1.61. The van der Waals surface area contributed by atoms with Gasteiger partial charge < -0.3 is 10.4 Å². The lowest BCUT2D eigenvalue weighted by atomic mass is 9.87. The lowest BCUT2D eigenvalue weighted by Crippen LogP contribution is -2.41. The molecular weight excluding hydrogens is 362 g/mol. The van der Waals surface area contributed by atoms with Gasteiger partial charge in [0, 0.05) is 23.4 Å². The summed E-state index contributed by atoms with van der Waals surface area (Å²) in [5.74, 6) is 0.0496. The first-order valence-corrected chi connectivity index (χ1v) is 9.65. The molecule has 27 heavy (non-hydrogen) atoms.